The van der Waals surface area contributed by atoms with Crippen molar-refractivity contribution in [2.75, 3.05) is 39.4 Å². The number of hydrogen-bond acceptors (Lipinski definition) is 5. The Labute approximate surface area is 212 Å². The maximum atomic E-state index is 13.8. The van der Waals surface area contributed by atoms with E-state index >= 15 is 0 Å². The number of sulfonamides is 1. The predicted octanol–water partition coefficient (Wildman–Crippen LogP) is 5.33. The van der Waals surface area contributed by atoms with Crippen LogP contribution in [0.1, 0.15) is 31.2 Å². The lowest BCUT2D eigenvalue weighted by Gasteiger charge is -2.24. The van der Waals surface area contributed by atoms with E-state index in [0.29, 0.717) is 36.3 Å². The topological polar surface area (TPSA) is 59.1 Å². The van der Waals surface area contributed by atoms with E-state index in [1.165, 1.54) is 12.8 Å². The molecule has 0 bridgehead atoms. The van der Waals surface area contributed by atoms with Gasteiger partial charge in [-0.3, -0.25) is 0 Å². The second-order valence-corrected chi connectivity index (χ2v) is 11.5. The summed E-state index contributed by atoms with van der Waals surface area (Å²) >= 11 is 6.30. The molecular formula is C27H31ClN2O4S. The van der Waals surface area contributed by atoms with Crippen LogP contribution in [0.5, 0.6) is 11.5 Å². The zero-order valence-corrected chi connectivity index (χ0v) is 21.4. The van der Waals surface area contributed by atoms with Crippen molar-refractivity contribution in [2.24, 2.45) is 0 Å². The van der Waals surface area contributed by atoms with Gasteiger partial charge in [0.1, 0.15) is 13.2 Å². The molecule has 3 aromatic rings. The third kappa shape index (κ3) is 5.59. The fourth-order valence-corrected chi connectivity index (χ4v) is 6.58. The molecule has 0 atom stereocenters. The van der Waals surface area contributed by atoms with Crippen LogP contribution in [0, 0.1) is 0 Å². The number of benzene rings is 3. The van der Waals surface area contributed by atoms with Crippen molar-refractivity contribution in [1.29, 1.82) is 0 Å². The van der Waals surface area contributed by atoms with Gasteiger partial charge in [0.05, 0.1) is 4.90 Å². The van der Waals surface area contributed by atoms with Crippen LogP contribution in [0.15, 0.2) is 59.5 Å². The number of likely N-dealkylation sites (tertiary alicyclic amines) is 1. The molecule has 2 aliphatic heterocycles. The summed E-state index contributed by atoms with van der Waals surface area (Å²) in [6, 6.07) is 16.4. The number of nitrogens with zero attached hydrogens (tertiary/aromatic N) is 2. The summed E-state index contributed by atoms with van der Waals surface area (Å²) in [7, 11) is -3.72. The van der Waals surface area contributed by atoms with Crippen molar-refractivity contribution in [1.82, 2.24) is 9.21 Å². The third-order valence-corrected chi connectivity index (χ3v) is 8.90. The van der Waals surface area contributed by atoms with Gasteiger partial charge < -0.3 is 14.4 Å². The van der Waals surface area contributed by atoms with Crippen molar-refractivity contribution >= 4 is 32.4 Å². The van der Waals surface area contributed by atoms with E-state index in [9.17, 15) is 8.42 Å². The Morgan fingerprint density at radius 3 is 2.54 bits per heavy atom. The summed E-state index contributed by atoms with van der Waals surface area (Å²) < 4.78 is 40.6. The van der Waals surface area contributed by atoms with Gasteiger partial charge in [0.25, 0.3) is 0 Å². The molecule has 2 aliphatic rings. The Kier molecular flexibility index (Phi) is 7.48. The first-order valence-electron chi connectivity index (χ1n) is 12.3. The molecule has 2 heterocycles. The Morgan fingerprint density at radius 2 is 1.71 bits per heavy atom. The Balaban J connectivity index is 1.38. The summed E-state index contributed by atoms with van der Waals surface area (Å²) in [6.07, 6.45) is 4.30. The maximum Gasteiger partial charge on any atom is 0.243 e. The summed E-state index contributed by atoms with van der Waals surface area (Å²) in [5.74, 6) is 1.37. The molecule has 0 radical (unpaired) electrons. The number of hydrogen-bond donors (Lipinski definition) is 0. The van der Waals surface area contributed by atoms with Crippen LogP contribution < -0.4 is 9.47 Å². The quantitative estimate of drug-likeness (QED) is 0.361. The molecule has 0 unspecified atom stereocenters. The fourth-order valence-electron chi connectivity index (χ4n) is 4.84. The zero-order valence-electron chi connectivity index (χ0n) is 19.8. The van der Waals surface area contributed by atoms with Crippen LogP contribution in [0.25, 0.3) is 10.8 Å². The van der Waals surface area contributed by atoms with Gasteiger partial charge in [-0.05, 0) is 86.6 Å². The summed E-state index contributed by atoms with van der Waals surface area (Å²) in [6.45, 7) is 5.07. The standard InChI is InChI=1S/C27H31ClN2O4S/c28-25-7-5-6-22-19-23(9-10-24(22)25)35(31,32)30(15-4-3-14-29-12-1-2-13-29)20-21-8-11-26-27(18-21)34-17-16-33-26/h5-11,18-19H,1-4,12-17,20H2. The molecule has 3 aromatic carbocycles. The minimum absolute atomic E-state index is 0.274. The van der Waals surface area contributed by atoms with Gasteiger partial charge in [-0.15, -0.1) is 0 Å². The van der Waals surface area contributed by atoms with E-state index in [2.05, 4.69) is 4.90 Å². The van der Waals surface area contributed by atoms with Crippen molar-refractivity contribution in [3.05, 3.63) is 65.2 Å². The highest BCUT2D eigenvalue weighted by molar-refractivity contribution is 7.89. The molecule has 6 nitrogen and oxygen atoms in total. The Hall–Kier alpha value is -2.32. The minimum atomic E-state index is -3.72. The molecule has 1 saturated heterocycles. The van der Waals surface area contributed by atoms with Crippen LogP contribution in [-0.4, -0.2) is 57.0 Å². The van der Waals surface area contributed by atoms with Crippen LogP contribution in [-0.2, 0) is 16.6 Å². The van der Waals surface area contributed by atoms with Gasteiger partial charge >= 0.3 is 0 Å². The lowest BCUT2D eigenvalue weighted by atomic mass is 10.1. The average Bonchev–Trinajstić information content (AvgIpc) is 3.39. The molecule has 35 heavy (non-hydrogen) atoms. The lowest BCUT2D eigenvalue weighted by Crippen LogP contribution is -2.32. The van der Waals surface area contributed by atoms with Crippen molar-refractivity contribution in [3.8, 4) is 11.5 Å². The number of unbranched alkanes of at least 4 members (excludes halogenated alkanes) is 1. The van der Waals surface area contributed by atoms with Crippen molar-refractivity contribution < 1.29 is 17.9 Å². The van der Waals surface area contributed by atoms with Crippen molar-refractivity contribution in [3.63, 3.8) is 0 Å². The fraction of sp³-hybridized carbons (Fsp3) is 0.407. The highest BCUT2D eigenvalue weighted by Gasteiger charge is 2.26. The van der Waals surface area contributed by atoms with E-state index in [4.69, 9.17) is 21.1 Å². The second-order valence-electron chi connectivity index (χ2n) is 9.20. The van der Waals surface area contributed by atoms with Gasteiger partial charge in [0.2, 0.25) is 10.0 Å². The van der Waals surface area contributed by atoms with E-state index in [-0.39, 0.29) is 11.4 Å². The van der Waals surface area contributed by atoms with Gasteiger partial charge in [-0.25, -0.2) is 8.42 Å². The molecule has 5 rings (SSSR count). The minimum Gasteiger partial charge on any atom is -0.486 e. The summed E-state index contributed by atoms with van der Waals surface area (Å²) in [5.41, 5.74) is 0.876. The zero-order chi connectivity index (χ0) is 24.3. The molecule has 0 aromatic heterocycles. The van der Waals surface area contributed by atoms with Crippen LogP contribution in [0.2, 0.25) is 5.02 Å². The summed E-state index contributed by atoms with van der Waals surface area (Å²) in [5, 5.41) is 2.27. The second kappa shape index (κ2) is 10.7. The Morgan fingerprint density at radius 1 is 0.914 bits per heavy atom. The summed E-state index contributed by atoms with van der Waals surface area (Å²) in [4.78, 5) is 2.75. The molecule has 0 spiro atoms. The number of halogens is 1. The van der Waals surface area contributed by atoms with E-state index in [1.54, 1.807) is 22.5 Å². The average molecular weight is 515 g/mol. The van der Waals surface area contributed by atoms with E-state index < -0.39 is 10.0 Å². The molecule has 0 amide bonds. The first kappa shape index (κ1) is 24.4. The number of fused-ring (bicyclic) bond motifs is 2. The monoisotopic (exact) mass is 514 g/mol. The maximum absolute atomic E-state index is 13.8. The SMILES string of the molecule is O=S(=O)(c1ccc2c(Cl)cccc2c1)N(CCCCN1CCCC1)Cc1ccc2c(c1)OCCO2. The Bertz CT molecular complexity index is 1290. The third-order valence-electron chi connectivity index (χ3n) is 6.73. The van der Waals surface area contributed by atoms with Gasteiger partial charge in [0.15, 0.2) is 11.5 Å². The van der Waals surface area contributed by atoms with Crippen LogP contribution in [0.3, 0.4) is 0 Å². The molecular weight excluding hydrogens is 484 g/mol. The first-order valence-corrected chi connectivity index (χ1v) is 14.1. The molecule has 1 fully saturated rings. The van der Waals surface area contributed by atoms with Gasteiger partial charge in [0, 0.05) is 23.5 Å². The number of ether oxygens (including phenoxy) is 2. The van der Waals surface area contributed by atoms with Crippen LogP contribution >= 0.6 is 11.6 Å². The van der Waals surface area contributed by atoms with Gasteiger partial charge in [-0.2, -0.15) is 4.31 Å². The molecule has 0 N–H and O–H groups in total. The normalized spacial score (nSPS) is 16.3. The van der Waals surface area contributed by atoms with Gasteiger partial charge in [-0.1, -0.05) is 35.9 Å². The smallest absolute Gasteiger partial charge is 0.243 e. The largest absolute Gasteiger partial charge is 0.486 e. The number of rotatable bonds is 9. The van der Waals surface area contributed by atoms with E-state index in [0.717, 1.165) is 48.8 Å². The molecule has 8 heteroatoms. The highest BCUT2D eigenvalue weighted by atomic mass is 35.5. The van der Waals surface area contributed by atoms with Crippen LogP contribution in [0.4, 0.5) is 0 Å². The molecule has 186 valence electrons. The lowest BCUT2D eigenvalue weighted by molar-refractivity contribution is 0.171. The highest BCUT2D eigenvalue weighted by Crippen LogP contribution is 2.32. The molecule has 0 aliphatic carbocycles. The van der Waals surface area contributed by atoms with E-state index in [1.807, 2.05) is 36.4 Å². The first-order chi connectivity index (χ1) is 17.0. The predicted molar refractivity (Wildman–Crippen MR) is 139 cm³/mol. The van der Waals surface area contributed by atoms with Crippen molar-refractivity contribution in [2.45, 2.75) is 37.1 Å². The molecule has 0 saturated carbocycles.